The average Bonchev–Trinajstić information content (AvgIpc) is 2.39. The molecule has 0 spiro atoms. The van der Waals surface area contributed by atoms with Gasteiger partial charge >= 0.3 is 0 Å². The molecular formula is C14H30N4. The Balaban J connectivity index is 1.77. The minimum atomic E-state index is 0.364. The second-order valence-corrected chi connectivity index (χ2v) is 6.27. The van der Waals surface area contributed by atoms with Crippen LogP contribution in [0.15, 0.2) is 0 Å². The summed E-state index contributed by atoms with van der Waals surface area (Å²) in [7, 11) is 2.22. The fourth-order valence-electron chi connectivity index (χ4n) is 3.41. The maximum atomic E-state index is 6.50. The molecule has 4 nitrogen and oxygen atoms in total. The molecule has 3 atom stereocenters. The second-order valence-electron chi connectivity index (χ2n) is 6.27. The predicted molar refractivity (Wildman–Crippen MR) is 76.7 cm³/mol. The van der Waals surface area contributed by atoms with Gasteiger partial charge < -0.3 is 20.9 Å². The van der Waals surface area contributed by atoms with E-state index in [0.717, 1.165) is 13.1 Å². The van der Waals surface area contributed by atoms with Crippen LogP contribution in [0.5, 0.6) is 0 Å². The number of nitrogens with two attached hydrogens (primary N) is 1. The van der Waals surface area contributed by atoms with Gasteiger partial charge in [-0.1, -0.05) is 6.92 Å². The molecule has 2 heterocycles. The lowest BCUT2D eigenvalue weighted by Gasteiger charge is -2.38. The SMILES string of the molecule is CC(CN1CCNCC1)C(N)C1CCCN(C)C1. The number of nitrogens with one attached hydrogen (secondary N) is 1. The van der Waals surface area contributed by atoms with Gasteiger partial charge in [-0.2, -0.15) is 0 Å². The molecule has 0 aromatic carbocycles. The normalized spacial score (nSPS) is 31.2. The van der Waals surface area contributed by atoms with Crippen molar-refractivity contribution in [3.63, 3.8) is 0 Å². The van der Waals surface area contributed by atoms with E-state index in [2.05, 4.69) is 29.1 Å². The van der Waals surface area contributed by atoms with Crippen LogP contribution in [0.1, 0.15) is 19.8 Å². The van der Waals surface area contributed by atoms with E-state index in [0.29, 0.717) is 17.9 Å². The van der Waals surface area contributed by atoms with Crippen LogP contribution in [-0.2, 0) is 0 Å². The minimum absolute atomic E-state index is 0.364. The number of hydrogen-bond acceptors (Lipinski definition) is 4. The first kappa shape index (κ1) is 14.3. The molecule has 2 rings (SSSR count). The first-order chi connectivity index (χ1) is 8.66. The van der Waals surface area contributed by atoms with Crippen molar-refractivity contribution in [2.24, 2.45) is 17.6 Å². The van der Waals surface area contributed by atoms with Gasteiger partial charge in [0, 0.05) is 45.3 Å². The molecule has 0 aromatic rings. The zero-order chi connectivity index (χ0) is 13.0. The monoisotopic (exact) mass is 254 g/mol. The molecule has 0 saturated carbocycles. The molecule has 0 bridgehead atoms. The van der Waals surface area contributed by atoms with Gasteiger partial charge in [-0.15, -0.1) is 0 Å². The Bertz CT molecular complexity index is 240. The summed E-state index contributed by atoms with van der Waals surface area (Å²) in [6.07, 6.45) is 2.63. The van der Waals surface area contributed by atoms with E-state index >= 15 is 0 Å². The van der Waals surface area contributed by atoms with Crippen LogP contribution < -0.4 is 11.1 Å². The largest absolute Gasteiger partial charge is 0.327 e. The van der Waals surface area contributed by atoms with Gasteiger partial charge in [0.1, 0.15) is 0 Å². The topological polar surface area (TPSA) is 44.5 Å². The van der Waals surface area contributed by atoms with E-state index < -0.39 is 0 Å². The molecular weight excluding hydrogens is 224 g/mol. The van der Waals surface area contributed by atoms with Crippen molar-refractivity contribution in [2.45, 2.75) is 25.8 Å². The quantitative estimate of drug-likeness (QED) is 0.752. The Hall–Kier alpha value is -0.160. The van der Waals surface area contributed by atoms with Crippen LogP contribution in [0, 0.1) is 11.8 Å². The number of piperazine rings is 1. The predicted octanol–water partition coefficient (Wildman–Crippen LogP) is 0.197. The zero-order valence-electron chi connectivity index (χ0n) is 12.1. The van der Waals surface area contributed by atoms with Crippen LogP contribution in [0.3, 0.4) is 0 Å². The third kappa shape index (κ3) is 3.92. The van der Waals surface area contributed by atoms with E-state index in [1.807, 2.05) is 0 Å². The second kappa shape index (κ2) is 6.85. The molecule has 2 fully saturated rings. The summed E-state index contributed by atoms with van der Waals surface area (Å²) in [5, 5.41) is 3.41. The molecule has 2 saturated heterocycles. The van der Waals surface area contributed by atoms with Crippen molar-refractivity contribution in [3.05, 3.63) is 0 Å². The highest BCUT2D eigenvalue weighted by Gasteiger charge is 2.28. The lowest BCUT2D eigenvalue weighted by Crippen LogP contribution is -2.50. The van der Waals surface area contributed by atoms with E-state index in [1.165, 1.54) is 45.6 Å². The maximum Gasteiger partial charge on any atom is 0.0117 e. The number of likely N-dealkylation sites (tertiary alicyclic amines) is 1. The lowest BCUT2D eigenvalue weighted by molar-refractivity contribution is 0.139. The summed E-state index contributed by atoms with van der Waals surface area (Å²) in [5.74, 6) is 1.31. The highest BCUT2D eigenvalue weighted by Crippen LogP contribution is 2.22. The van der Waals surface area contributed by atoms with E-state index in [9.17, 15) is 0 Å². The van der Waals surface area contributed by atoms with Gasteiger partial charge in [-0.25, -0.2) is 0 Å². The summed E-state index contributed by atoms with van der Waals surface area (Å²) in [5.41, 5.74) is 6.50. The average molecular weight is 254 g/mol. The van der Waals surface area contributed by atoms with Gasteiger partial charge in [0.05, 0.1) is 0 Å². The zero-order valence-corrected chi connectivity index (χ0v) is 12.1. The summed E-state index contributed by atoms with van der Waals surface area (Å²) < 4.78 is 0. The molecule has 106 valence electrons. The fraction of sp³-hybridized carbons (Fsp3) is 1.00. The summed E-state index contributed by atoms with van der Waals surface area (Å²) in [6.45, 7) is 10.6. The summed E-state index contributed by atoms with van der Waals surface area (Å²) >= 11 is 0. The number of hydrogen-bond donors (Lipinski definition) is 2. The molecule has 18 heavy (non-hydrogen) atoms. The van der Waals surface area contributed by atoms with E-state index in [4.69, 9.17) is 5.73 Å². The Morgan fingerprint density at radius 2 is 2.00 bits per heavy atom. The molecule has 0 radical (unpaired) electrons. The molecule has 4 heteroatoms. The Kier molecular flexibility index (Phi) is 5.42. The third-order valence-electron chi connectivity index (χ3n) is 4.62. The van der Waals surface area contributed by atoms with Crippen LogP contribution >= 0.6 is 0 Å². The number of nitrogens with zero attached hydrogens (tertiary/aromatic N) is 2. The smallest absolute Gasteiger partial charge is 0.0117 e. The standard InChI is InChI=1S/C14H30N4/c1-12(10-18-8-5-16-6-9-18)14(15)13-4-3-7-17(2)11-13/h12-14,16H,3-11,15H2,1-2H3. The summed E-state index contributed by atoms with van der Waals surface area (Å²) in [6, 6.07) is 0.364. The minimum Gasteiger partial charge on any atom is -0.327 e. The van der Waals surface area contributed by atoms with Crippen molar-refractivity contribution in [1.82, 2.24) is 15.1 Å². The van der Waals surface area contributed by atoms with Crippen LogP contribution in [0.2, 0.25) is 0 Å². The first-order valence-electron chi connectivity index (χ1n) is 7.54. The Morgan fingerprint density at radius 1 is 1.28 bits per heavy atom. The molecule has 0 amide bonds. The van der Waals surface area contributed by atoms with Crippen LogP contribution in [0.25, 0.3) is 0 Å². The maximum absolute atomic E-state index is 6.50. The Labute approximate surface area is 112 Å². The first-order valence-corrected chi connectivity index (χ1v) is 7.54. The number of piperidine rings is 1. The van der Waals surface area contributed by atoms with Crippen molar-refractivity contribution < 1.29 is 0 Å². The van der Waals surface area contributed by atoms with E-state index in [-0.39, 0.29) is 0 Å². The molecule has 0 aliphatic carbocycles. The van der Waals surface area contributed by atoms with Gasteiger partial charge in [0.2, 0.25) is 0 Å². The molecule has 3 unspecified atom stereocenters. The third-order valence-corrected chi connectivity index (χ3v) is 4.62. The van der Waals surface area contributed by atoms with Gasteiger partial charge in [0.15, 0.2) is 0 Å². The van der Waals surface area contributed by atoms with Crippen LogP contribution in [-0.4, -0.2) is 68.7 Å². The van der Waals surface area contributed by atoms with E-state index in [1.54, 1.807) is 0 Å². The highest BCUT2D eigenvalue weighted by molar-refractivity contribution is 4.85. The van der Waals surface area contributed by atoms with Crippen molar-refractivity contribution in [2.75, 3.05) is 52.9 Å². The van der Waals surface area contributed by atoms with Gasteiger partial charge in [0.25, 0.3) is 0 Å². The van der Waals surface area contributed by atoms with Crippen molar-refractivity contribution in [3.8, 4) is 0 Å². The molecule has 2 aliphatic rings. The number of rotatable bonds is 4. The lowest BCUT2D eigenvalue weighted by atomic mass is 9.84. The van der Waals surface area contributed by atoms with Gasteiger partial charge in [-0.3, -0.25) is 0 Å². The van der Waals surface area contributed by atoms with Gasteiger partial charge in [-0.05, 0) is 38.3 Å². The van der Waals surface area contributed by atoms with Crippen LogP contribution in [0.4, 0.5) is 0 Å². The van der Waals surface area contributed by atoms with Crippen molar-refractivity contribution in [1.29, 1.82) is 0 Å². The summed E-state index contributed by atoms with van der Waals surface area (Å²) in [4.78, 5) is 5.00. The van der Waals surface area contributed by atoms with Crippen molar-refractivity contribution >= 4 is 0 Å². The Morgan fingerprint density at radius 3 is 2.67 bits per heavy atom. The molecule has 0 aromatic heterocycles. The molecule has 2 aliphatic heterocycles. The fourth-order valence-corrected chi connectivity index (χ4v) is 3.41. The molecule has 3 N–H and O–H groups in total. The highest BCUT2D eigenvalue weighted by atomic mass is 15.2.